The van der Waals surface area contributed by atoms with Gasteiger partial charge < -0.3 is 5.32 Å². The van der Waals surface area contributed by atoms with Gasteiger partial charge in [-0.3, -0.25) is 0 Å². The lowest BCUT2D eigenvalue weighted by atomic mass is 10.2. The van der Waals surface area contributed by atoms with E-state index in [0.29, 0.717) is 0 Å². The van der Waals surface area contributed by atoms with Gasteiger partial charge in [0.1, 0.15) is 0 Å². The van der Waals surface area contributed by atoms with Crippen molar-refractivity contribution in [2.45, 2.75) is 13.3 Å². The summed E-state index contributed by atoms with van der Waals surface area (Å²) in [6.45, 7) is 2.95. The van der Waals surface area contributed by atoms with E-state index in [1.807, 2.05) is 25.1 Å². The normalized spacial score (nSPS) is 10.1. The molecule has 0 amide bonds. The lowest BCUT2D eigenvalue weighted by Gasteiger charge is -2.06. The third-order valence-corrected chi connectivity index (χ3v) is 2.56. The summed E-state index contributed by atoms with van der Waals surface area (Å²) in [7, 11) is 0. The zero-order valence-corrected chi connectivity index (χ0v) is 9.33. The largest absolute Gasteiger partial charge is 0.385 e. The molecule has 1 rings (SSSR count). The van der Waals surface area contributed by atoms with Crippen molar-refractivity contribution in [1.29, 1.82) is 0 Å². The first-order valence-corrected chi connectivity index (χ1v) is 5.36. The van der Waals surface area contributed by atoms with Crippen molar-refractivity contribution in [1.82, 2.24) is 0 Å². The molecule has 0 saturated carbocycles. The monoisotopic (exact) mass is 215 g/mol. The number of nitrogens with one attached hydrogen (secondary N) is 1. The molecule has 13 heavy (non-hydrogen) atoms. The topological polar surface area (TPSA) is 12.0 Å². The number of hydrogen-bond donors (Lipinski definition) is 2. The van der Waals surface area contributed by atoms with Crippen molar-refractivity contribution >= 4 is 29.9 Å². The van der Waals surface area contributed by atoms with Crippen molar-refractivity contribution < 1.29 is 0 Å². The summed E-state index contributed by atoms with van der Waals surface area (Å²) in [5.74, 6) is 0.909. The van der Waals surface area contributed by atoms with E-state index >= 15 is 0 Å². The first-order chi connectivity index (χ1) is 6.24. The Morgan fingerprint density at radius 3 is 2.85 bits per heavy atom. The highest BCUT2D eigenvalue weighted by Gasteiger charge is 1.96. The summed E-state index contributed by atoms with van der Waals surface area (Å²) in [5, 5.41) is 4.10. The van der Waals surface area contributed by atoms with Crippen LogP contribution in [0.2, 0.25) is 5.02 Å². The van der Waals surface area contributed by atoms with Gasteiger partial charge in [0, 0.05) is 17.3 Å². The van der Waals surface area contributed by atoms with Crippen LogP contribution in [0, 0.1) is 6.92 Å². The molecule has 0 aliphatic carbocycles. The van der Waals surface area contributed by atoms with E-state index in [1.165, 1.54) is 0 Å². The quantitative estimate of drug-likeness (QED) is 0.580. The number of anilines is 1. The molecule has 0 heterocycles. The number of aryl methyl sites for hydroxylation is 1. The van der Waals surface area contributed by atoms with E-state index in [0.717, 1.165) is 35.0 Å². The van der Waals surface area contributed by atoms with Crippen LogP contribution in [-0.2, 0) is 0 Å². The van der Waals surface area contributed by atoms with Gasteiger partial charge in [0.25, 0.3) is 0 Å². The third-order valence-electron chi connectivity index (χ3n) is 1.84. The van der Waals surface area contributed by atoms with Crippen molar-refractivity contribution in [2.24, 2.45) is 0 Å². The summed E-state index contributed by atoms with van der Waals surface area (Å²) < 4.78 is 0. The summed E-state index contributed by atoms with van der Waals surface area (Å²) in [4.78, 5) is 0. The highest BCUT2D eigenvalue weighted by molar-refractivity contribution is 7.80. The molecule has 72 valence electrons. The van der Waals surface area contributed by atoms with Crippen LogP contribution in [0.4, 0.5) is 5.69 Å². The molecule has 0 unspecified atom stereocenters. The predicted octanol–water partition coefficient (Wildman–Crippen LogP) is 3.38. The van der Waals surface area contributed by atoms with Crippen LogP contribution >= 0.6 is 24.2 Å². The summed E-state index contributed by atoms with van der Waals surface area (Å²) in [6.07, 6.45) is 1.06. The predicted molar refractivity (Wildman–Crippen MR) is 63.1 cm³/mol. The molecule has 3 heteroatoms. The average molecular weight is 216 g/mol. The van der Waals surface area contributed by atoms with E-state index in [2.05, 4.69) is 17.9 Å². The Hall–Kier alpha value is -0.340. The molecule has 0 saturated heterocycles. The molecule has 0 fully saturated rings. The first-order valence-electron chi connectivity index (χ1n) is 4.35. The van der Waals surface area contributed by atoms with Crippen LogP contribution < -0.4 is 5.32 Å². The minimum atomic E-state index is 0.816. The lowest BCUT2D eigenvalue weighted by molar-refractivity contribution is 0.995. The molecule has 0 radical (unpaired) electrons. The van der Waals surface area contributed by atoms with Gasteiger partial charge in [-0.2, -0.15) is 12.6 Å². The Morgan fingerprint density at radius 1 is 1.46 bits per heavy atom. The minimum Gasteiger partial charge on any atom is -0.385 e. The molecule has 0 aromatic heterocycles. The van der Waals surface area contributed by atoms with E-state index in [-0.39, 0.29) is 0 Å². The molecule has 1 N–H and O–H groups in total. The molecule has 0 atom stereocenters. The molecular weight excluding hydrogens is 202 g/mol. The van der Waals surface area contributed by atoms with Crippen LogP contribution in [0.3, 0.4) is 0 Å². The molecular formula is C10H14ClNS. The standard InChI is InChI=1S/C10H14ClNS/c1-8-3-4-9(7-10(8)11)12-5-2-6-13/h3-4,7,12-13H,2,5-6H2,1H3. The average Bonchev–Trinajstić information content (AvgIpc) is 2.12. The van der Waals surface area contributed by atoms with Gasteiger partial charge in [0.15, 0.2) is 0 Å². The highest BCUT2D eigenvalue weighted by atomic mass is 35.5. The Labute approximate surface area is 89.9 Å². The van der Waals surface area contributed by atoms with Gasteiger partial charge in [-0.1, -0.05) is 17.7 Å². The van der Waals surface area contributed by atoms with Gasteiger partial charge in [-0.05, 0) is 36.8 Å². The third kappa shape index (κ3) is 3.49. The number of hydrogen-bond acceptors (Lipinski definition) is 2. The number of thiol groups is 1. The van der Waals surface area contributed by atoms with Crippen molar-refractivity contribution in [3.05, 3.63) is 28.8 Å². The SMILES string of the molecule is Cc1ccc(NCCCS)cc1Cl. The van der Waals surface area contributed by atoms with E-state index in [9.17, 15) is 0 Å². The van der Waals surface area contributed by atoms with Crippen LogP contribution in [0.15, 0.2) is 18.2 Å². The fourth-order valence-corrected chi connectivity index (χ4v) is 1.35. The minimum absolute atomic E-state index is 0.816. The Bertz CT molecular complexity index is 276. The van der Waals surface area contributed by atoms with Gasteiger partial charge >= 0.3 is 0 Å². The molecule has 0 bridgehead atoms. The van der Waals surface area contributed by atoms with Gasteiger partial charge in [-0.15, -0.1) is 0 Å². The Morgan fingerprint density at radius 2 is 2.23 bits per heavy atom. The van der Waals surface area contributed by atoms with E-state index < -0.39 is 0 Å². The second kappa shape index (κ2) is 5.40. The summed E-state index contributed by atoms with van der Waals surface area (Å²) in [6, 6.07) is 6.01. The number of rotatable bonds is 4. The van der Waals surface area contributed by atoms with Gasteiger partial charge in [0.2, 0.25) is 0 Å². The second-order valence-electron chi connectivity index (χ2n) is 2.97. The molecule has 0 aliphatic heterocycles. The van der Waals surface area contributed by atoms with Crippen LogP contribution in [0.25, 0.3) is 0 Å². The van der Waals surface area contributed by atoms with Crippen molar-refractivity contribution in [2.75, 3.05) is 17.6 Å². The van der Waals surface area contributed by atoms with Gasteiger partial charge in [0.05, 0.1) is 0 Å². The number of benzene rings is 1. The maximum absolute atomic E-state index is 5.97. The van der Waals surface area contributed by atoms with Crippen LogP contribution in [0.1, 0.15) is 12.0 Å². The number of halogens is 1. The summed E-state index contributed by atoms with van der Waals surface area (Å²) in [5.41, 5.74) is 2.19. The van der Waals surface area contributed by atoms with Gasteiger partial charge in [-0.25, -0.2) is 0 Å². The highest BCUT2D eigenvalue weighted by Crippen LogP contribution is 2.19. The lowest BCUT2D eigenvalue weighted by Crippen LogP contribution is -2.01. The first kappa shape index (κ1) is 10.7. The Kier molecular flexibility index (Phi) is 4.46. The van der Waals surface area contributed by atoms with Crippen LogP contribution in [-0.4, -0.2) is 12.3 Å². The van der Waals surface area contributed by atoms with Crippen LogP contribution in [0.5, 0.6) is 0 Å². The zero-order valence-electron chi connectivity index (χ0n) is 7.68. The zero-order chi connectivity index (χ0) is 9.68. The molecule has 0 aliphatic rings. The molecule has 1 nitrogen and oxygen atoms in total. The maximum atomic E-state index is 5.97. The van der Waals surface area contributed by atoms with Crippen molar-refractivity contribution in [3.8, 4) is 0 Å². The maximum Gasteiger partial charge on any atom is 0.0455 e. The van der Waals surface area contributed by atoms with E-state index in [1.54, 1.807) is 0 Å². The molecule has 0 spiro atoms. The molecule has 1 aromatic carbocycles. The Balaban J connectivity index is 2.53. The summed E-state index contributed by atoms with van der Waals surface area (Å²) >= 11 is 10.1. The van der Waals surface area contributed by atoms with E-state index in [4.69, 9.17) is 11.6 Å². The second-order valence-corrected chi connectivity index (χ2v) is 3.82. The molecule has 1 aromatic rings. The fraction of sp³-hybridized carbons (Fsp3) is 0.400. The van der Waals surface area contributed by atoms with Crippen molar-refractivity contribution in [3.63, 3.8) is 0 Å². The smallest absolute Gasteiger partial charge is 0.0455 e. The fourth-order valence-electron chi connectivity index (χ4n) is 1.01.